The molecule has 0 saturated carbocycles. The van der Waals surface area contributed by atoms with Crippen LogP contribution < -0.4 is 15.4 Å². The van der Waals surface area contributed by atoms with E-state index in [1.165, 1.54) is 12.1 Å². The second-order valence-corrected chi connectivity index (χ2v) is 8.50. The smallest absolute Gasteiger partial charge is 0.163 e. The lowest BCUT2D eigenvalue weighted by atomic mass is 9.78. The standard InChI is InChI=1S/C27H25FN2O2/c1-16-3-12-22-23(13-16)30-27(18-4-8-20(28)9-5-18)26-24(29-22)14-19(15-25(26)31)17-6-10-21(32-2)11-7-17/h3-13,19,27,29-30H,14-15H2,1-2H3/t19-,27-/m1/s1. The molecular weight excluding hydrogens is 403 g/mol. The van der Waals surface area contributed by atoms with Gasteiger partial charge >= 0.3 is 0 Å². The van der Waals surface area contributed by atoms with Crippen LogP contribution in [0.5, 0.6) is 5.75 Å². The largest absolute Gasteiger partial charge is 0.497 e. The Kier molecular flexibility index (Phi) is 5.17. The van der Waals surface area contributed by atoms with Crippen LogP contribution in [0.1, 0.15) is 41.5 Å². The molecule has 32 heavy (non-hydrogen) atoms. The second kappa shape index (κ2) is 8.15. The van der Waals surface area contributed by atoms with Crippen LogP contribution in [0.25, 0.3) is 0 Å². The number of hydrogen-bond donors (Lipinski definition) is 2. The zero-order valence-corrected chi connectivity index (χ0v) is 18.1. The number of ketones is 1. The van der Waals surface area contributed by atoms with Crippen LogP contribution in [0.2, 0.25) is 0 Å². The molecule has 0 radical (unpaired) electrons. The molecule has 5 rings (SSSR count). The van der Waals surface area contributed by atoms with Crippen LogP contribution in [-0.4, -0.2) is 12.9 Å². The molecule has 0 unspecified atom stereocenters. The predicted molar refractivity (Wildman–Crippen MR) is 125 cm³/mol. The Morgan fingerprint density at radius 3 is 2.34 bits per heavy atom. The highest BCUT2D eigenvalue weighted by atomic mass is 19.1. The summed E-state index contributed by atoms with van der Waals surface area (Å²) in [6, 6.07) is 20.2. The molecule has 0 fully saturated rings. The normalized spacial score (nSPS) is 19.9. The van der Waals surface area contributed by atoms with Gasteiger partial charge < -0.3 is 15.4 Å². The van der Waals surface area contributed by atoms with Gasteiger partial charge in [-0.25, -0.2) is 4.39 Å². The average Bonchev–Trinajstić information content (AvgIpc) is 2.96. The second-order valence-electron chi connectivity index (χ2n) is 8.50. The van der Waals surface area contributed by atoms with Gasteiger partial charge in [0.2, 0.25) is 0 Å². The lowest BCUT2D eigenvalue weighted by Gasteiger charge is -2.30. The highest BCUT2D eigenvalue weighted by Crippen LogP contribution is 2.44. The fourth-order valence-corrected chi connectivity index (χ4v) is 4.68. The lowest BCUT2D eigenvalue weighted by Crippen LogP contribution is -2.26. The van der Waals surface area contributed by atoms with Crippen LogP contribution >= 0.6 is 0 Å². The molecule has 3 aromatic carbocycles. The van der Waals surface area contributed by atoms with Crippen molar-refractivity contribution in [2.24, 2.45) is 0 Å². The van der Waals surface area contributed by atoms with E-state index in [-0.39, 0.29) is 23.6 Å². The summed E-state index contributed by atoms with van der Waals surface area (Å²) < 4.78 is 18.9. The van der Waals surface area contributed by atoms with E-state index < -0.39 is 0 Å². The van der Waals surface area contributed by atoms with Crippen molar-refractivity contribution >= 4 is 17.2 Å². The third kappa shape index (κ3) is 3.75. The number of ether oxygens (including phenoxy) is 1. The van der Waals surface area contributed by atoms with Gasteiger partial charge in [0.25, 0.3) is 0 Å². The van der Waals surface area contributed by atoms with Gasteiger partial charge in [-0.15, -0.1) is 0 Å². The molecule has 0 spiro atoms. The van der Waals surface area contributed by atoms with Gasteiger partial charge in [-0.2, -0.15) is 0 Å². The first-order valence-corrected chi connectivity index (χ1v) is 10.8. The summed E-state index contributed by atoms with van der Waals surface area (Å²) in [5.41, 5.74) is 6.64. The van der Waals surface area contributed by atoms with E-state index >= 15 is 0 Å². The Hall–Kier alpha value is -3.60. The van der Waals surface area contributed by atoms with Crippen molar-refractivity contribution in [2.45, 2.75) is 31.7 Å². The lowest BCUT2D eigenvalue weighted by molar-refractivity contribution is -0.116. The number of aryl methyl sites for hydroxylation is 1. The molecule has 3 aromatic rings. The summed E-state index contributed by atoms with van der Waals surface area (Å²) in [5, 5.41) is 7.11. The van der Waals surface area contributed by atoms with E-state index in [2.05, 4.69) is 22.8 Å². The van der Waals surface area contributed by atoms with E-state index in [0.717, 1.165) is 51.5 Å². The molecular formula is C27H25FN2O2. The molecule has 0 saturated heterocycles. The summed E-state index contributed by atoms with van der Waals surface area (Å²) in [7, 11) is 1.65. The first-order chi connectivity index (χ1) is 15.5. The maximum atomic E-state index is 13.6. The van der Waals surface area contributed by atoms with Gasteiger partial charge in [-0.05, 0) is 72.4 Å². The fourth-order valence-electron chi connectivity index (χ4n) is 4.68. The predicted octanol–water partition coefficient (Wildman–Crippen LogP) is 6.12. The third-order valence-corrected chi connectivity index (χ3v) is 6.35. The number of halogens is 1. The Morgan fingerprint density at radius 1 is 0.906 bits per heavy atom. The molecule has 4 nitrogen and oxygen atoms in total. The summed E-state index contributed by atoms with van der Waals surface area (Å²) in [6.07, 6.45) is 1.15. The number of anilines is 2. The van der Waals surface area contributed by atoms with Crippen LogP contribution in [0.15, 0.2) is 78.0 Å². The van der Waals surface area contributed by atoms with E-state index in [1.54, 1.807) is 19.2 Å². The SMILES string of the molecule is COc1ccc([C@H]2CC(=O)C3=C(C2)Nc2ccc(C)cc2N[C@@H]3c2ccc(F)cc2)cc1. The molecule has 162 valence electrons. The zero-order chi connectivity index (χ0) is 22.2. The van der Waals surface area contributed by atoms with E-state index in [0.29, 0.717) is 6.42 Å². The van der Waals surface area contributed by atoms with Crippen molar-refractivity contribution < 1.29 is 13.9 Å². The number of hydrogen-bond acceptors (Lipinski definition) is 4. The summed E-state index contributed by atoms with van der Waals surface area (Å²) >= 11 is 0. The Labute approximate surface area is 187 Å². The first kappa shape index (κ1) is 20.3. The van der Waals surface area contributed by atoms with Gasteiger partial charge in [0.1, 0.15) is 11.6 Å². The average molecular weight is 429 g/mol. The van der Waals surface area contributed by atoms with Gasteiger partial charge in [-0.1, -0.05) is 30.3 Å². The van der Waals surface area contributed by atoms with Crippen molar-refractivity contribution in [3.63, 3.8) is 0 Å². The van der Waals surface area contributed by atoms with E-state index in [1.807, 2.05) is 37.3 Å². The highest BCUT2D eigenvalue weighted by Gasteiger charge is 2.36. The quantitative estimate of drug-likeness (QED) is 0.528. The molecule has 1 heterocycles. The minimum absolute atomic E-state index is 0.0838. The van der Waals surface area contributed by atoms with Crippen LogP contribution in [0.4, 0.5) is 15.8 Å². The van der Waals surface area contributed by atoms with Crippen LogP contribution in [-0.2, 0) is 4.79 Å². The monoisotopic (exact) mass is 428 g/mol. The van der Waals surface area contributed by atoms with Gasteiger partial charge in [0.05, 0.1) is 24.5 Å². The number of carbonyl (C=O) groups is 1. The topological polar surface area (TPSA) is 50.4 Å². The number of nitrogens with one attached hydrogen (secondary N) is 2. The summed E-state index contributed by atoms with van der Waals surface area (Å²) in [6.45, 7) is 2.04. The number of methoxy groups -OCH3 is 1. The van der Waals surface area contributed by atoms with Crippen molar-refractivity contribution in [1.29, 1.82) is 0 Å². The number of allylic oxidation sites excluding steroid dienone is 1. The maximum absolute atomic E-state index is 13.6. The van der Waals surface area contributed by atoms with Gasteiger partial charge in [-0.3, -0.25) is 4.79 Å². The number of Topliss-reactive ketones (excluding diaryl/α,β-unsaturated/α-hetero) is 1. The Morgan fingerprint density at radius 2 is 1.62 bits per heavy atom. The first-order valence-electron chi connectivity index (χ1n) is 10.8. The number of fused-ring (bicyclic) bond motifs is 1. The minimum Gasteiger partial charge on any atom is -0.497 e. The molecule has 2 N–H and O–H groups in total. The minimum atomic E-state index is -0.342. The van der Waals surface area contributed by atoms with E-state index in [4.69, 9.17) is 4.74 Å². The van der Waals surface area contributed by atoms with E-state index in [9.17, 15) is 9.18 Å². The zero-order valence-electron chi connectivity index (χ0n) is 18.1. The van der Waals surface area contributed by atoms with Crippen molar-refractivity contribution in [2.75, 3.05) is 17.7 Å². The summed E-state index contributed by atoms with van der Waals surface area (Å²) in [5.74, 6) is 0.695. The van der Waals surface area contributed by atoms with Gasteiger partial charge in [0.15, 0.2) is 5.78 Å². The molecule has 0 bridgehead atoms. The van der Waals surface area contributed by atoms with Crippen molar-refractivity contribution in [3.05, 3.63) is 101 Å². The Bertz CT molecular complexity index is 1200. The fraction of sp³-hybridized carbons (Fsp3) is 0.222. The molecule has 0 aromatic heterocycles. The summed E-state index contributed by atoms with van der Waals surface area (Å²) in [4.78, 5) is 13.5. The van der Waals surface area contributed by atoms with Gasteiger partial charge in [0, 0.05) is 17.7 Å². The molecule has 2 aliphatic rings. The Balaban J connectivity index is 1.58. The maximum Gasteiger partial charge on any atom is 0.163 e. The molecule has 5 heteroatoms. The number of rotatable bonds is 3. The number of benzene rings is 3. The van der Waals surface area contributed by atoms with Crippen LogP contribution in [0.3, 0.4) is 0 Å². The highest BCUT2D eigenvalue weighted by molar-refractivity contribution is 6.01. The molecule has 1 aliphatic heterocycles. The van der Waals surface area contributed by atoms with Crippen molar-refractivity contribution in [3.8, 4) is 5.75 Å². The van der Waals surface area contributed by atoms with Crippen LogP contribution in [0, 0.1) is 12.7 Å². The molecule has 0 amide bonds. The number of carbonyl (C=O) groups excluding carboxylic acids is 1. The molecule has 1 aliphatic carbocycles. The third-order valence-electron chi connectivity index (χ3n) is 6.35. The van der Waals surface area contributed by atoms with Crippen molar-refractivity contribution in [1.82, 2.24) is 0 Å². The molecule has 2 atom stereocenters.